The van der Waals surface area contributed by atoms with E-state index in [9.17, 15) is 0 Å². The average molecular weight is 256 g/mol. The molecule has 0 fully saturated rings. The molecule has 1 aromatic heterocycles. The van der Waals surface area contributed by atoms with Gasteiger partial charge in [0.25, 0.3) is 0 Å². The van der Waals surface area contributed by atoms with E-state index in [2.05, 4.69) is 31.3 Å². The molecule has 3 nitrogen and oxygen atoms in total. The van der Waals surface area contributed by atoms with Crippen molar-refractivity contribution < 1.29 is 4.42 Å². The van der Waals surface area contributed by atoms with Crippen molar-refractivity contribution >= 4 is 11.0 Å². The molecule has 1 atom stereocenters. The average Bonchev–Trinajstić information content (AvgIpc) is 2.74. The number of hydrogen-bond acceptors (Lipinski definition) is 3. The topological polar surface area (TPSA) is 49.0 Å². The number of nitriles is 1. The predicted molar refractivity (Wildman–Crippen MR) is 76.8 cm³/mol. The summed E-state index contributed by atoms with van der Waals surface area (Å²) >= 11 is 0. The van der Waals surface area contributed by atoms with Crippen LogP contribution in [0.2, 0.25) is 0 Å². The number of rotatable bonds is 4. The molecule has 1 unspecified atom stereocenters. The Labute approximate surface area is 114 Å². The summed E-state index contributed by atoms with van der Waals surface area (Å²) in [6.07, 6.45) is 0. The lowest BCUT2D eigenvalue weighted by Gasteiger charge is -2.19. The predicted octanol–water partition coefficient (Wildman–Crippen LogP) is 3.94. The van der Waals surface area contributed by atoms with Crippen molar-refractivity contribution in [2.24, 2.45) is 5.41 Å². The van der Waals surface area contributed by atoms with Crippen molar-refractivity contribution in [3.05, 3.63) is 35.6 Å². The Bertz CT molecular complexity index is 619. The Morgan fingerprint density at radius 2 is 2.05 bits per heavy atom. The van der Waals surface area contributed by atoms with E-state index in [1.807, 2.05) is 32.0 Å². The first-order valence-electron chi connectivity index (χ1n) is 6.57. The summed E-state index contributed by atoms with van der Waals surface area (Å²) in [4.78, 5) is 0. The second kappa shape index (κ2) is 5.07. The van der Waals surface area contributed by atoms with Crippen LogP contribution in [0.5, 0.6) is 0 Å². The highest BCUT2D eigenvalue weighted by Gasteiger charge is 2.21. The van der Waals surface area contributed by atoms with Gasteiger partial charge in [0.05, 0.1) is 17.5 Å². The minimum Gasteiger partial charge on any atom is -0.459 e. The zero-order chi connectivity index (χ0) is 14.0. The highest BCUT2D eigenvalue weighted by atomic mass is 16.3. The van der Waals surface area contributed by atoms with E-state index in [-0.39, 0.29) is 11.5 Å². The van der Waals surface area contributed by atoms with E-state index in [0.29, 0.717) is 6.54 Å². The van der Waals surface area contributed by atoms with E-state index >= 15 is 0 Å². The van der Waals surface area contributed by atoms with Crippen LogP contribution < -0.4 is 5.32 Å². The minimum absolute atomic E-state index is 0.0972. The first kappa shape index (κ1) is 13.6. The fraction of sp³-hybridized carbons (Fsp3) is 0.438. The first-order chi connectivity index (χ1) is 8.94. The van der Waals surface area contributed by atoms with E-state index in [0.717, 1.165) is 16.7 Å². The maximum absolute atomic E-state index is 9.03. The van der Waals surface area contributed by atoms with Gasteiger partial charge in [-0.3, -0.25) is 0 Å². The maximum Gasteiger partial charge on any atom is 0.134 e. The van der Waals surface area contributed by atoms with E-state index < -0.39 is 0 Å². The minimum atomic E-state index is -0.367. The lowest BCUT2D eigenvalue weighted by molar-refractivity contribution is 0.382. The molecule has 0 amide bonds. The number of para-hydroxylation sites is 1. The molecule has 0 aliphatic heterocycles. The lowest BCUT2D eigenvalue weighted by atomic mass is 9.95. The highest BCUT2D eigenvalue weighted by Crippen LogP contribution is 2.29. The fourth-order valence-electron chi connectivity index (χ4n) is 2.15. The second-order valence-electron chi connectivity index (χ2n) is 5.69. The molecule has 1 N–H and O–H groups in total. The molecule has 3 heteroatoms. The van der Waals surface area contributed by atoms with Crippen LogP contribution in [-0.2, 0) is 0 Å². The number of benzene rings is 1. The van der Waals surface area contributed by atoms with Crippen molar-refractivity contribution in [3.63, 3.8) is 0 Å². The number of aryl methyl sites for hydroxylation is 1. The Morgan fingerprint density at radius 1 is 1.37 bits per heavy atom. The van der Waals surface area contributed by atoms with Crippen LogP contribution in [0.3, 0.4) is 0 Å². The van der Waals surface area contributed by atoms with Crippen LogP contribution in [0, 0.1) is 23.7 Å². The Kier molecular flexibility index (Phi) is 3.64. The quantitative estimate of drug-likeness (QED) is 0.901. The smallest absolute Gasteiger partial charge is 0.134 e. The van der Waals surface area contributed by atoms with Gasteiger partial charge in [0.2, 0.25) is 0 Å². The van der Waals surface area contributed by atoms with Gasteiger partial charge in [-0.15, -0.1) is 0 Å². The molecule has 1 aromatic carbocycles. The van der Waals surface area contributed by atoms with Crippen molar-refractivity contribution in [1.82, 2.24) is 5.32 Å². The van der Waals surface area contributed by atoms with Gasteiger partial charge in [-0.2, -0.15) is 5.26 Å². The summed E-state index contributed by atoms with van der Waals surface area (Å²) in [7, 11) is 0. The Morgan fingerprint density at radius 3 is 2.68 bits per heavy atom. The summed E-state index contributed by atoms with van der Waals surface area (Å²) in [5, 5.41) is 13.6. The molecular weight excluding hydrogens is 236 g/mol. The van der Waals surface area contributed by atoms with Crippen molar-refractivity contribution in [3.8, 4) is 6.07 Å². The second-order valence-corrected chi connectivity index (χ2v) is 5.69. The SMILES string of the molecule is Cc1c(C(C)NCC(C)(C)C#N)oc2ccccc12. The third-order valence-electron chi connectivity index (χ3n) is 3.43. The molecule has 0 spiro atoms. The van der Waals surface area contributed by atoms with Crippen LogP contribution in [0.4, 0.5) is 0 Å². The molecule has 0 saturated carbocycles. The molecule has 2 rings (SSSR count). The third-order valence-corrected chi connectivity index (χ3v) is 3.43. The monoisotopic (exact) mass is 256 g/mol. The highest BCUT2D eigenvalue weighted by molar-refractivity contribution is 5.82. The number of nitrogens with zero attached hydrogens (tertiary/aromatic N) is 1. The van der Waals surface area contributed by atoms with E-state index in [4.69, 9.17) is 9.68 Å². The van der Waals surface area contributed by atoms with Crippen LogP contribution >= 0.6 is 0 Å². The Hall–Kier alpha value is -1.79. The zero-order valence-corrected chi connectivity index (χ0v) is 11.9. The molecule has 0 radical (unpaired) electrons. The normalized spacial score (nSPS) is 13.4. The van der Waals surface area contributed by atoms with E-state index in [1.54, 1.807) is 0 Å². The fourth-order valence-corrected chi connectivity index (χ4v) is 2.15. The summed E-state index contributed by atoms with van der Waals surface area (Å²) < 4.78 is 5.91. The van der Waals surface area contributed by atoms with Gasteiger partial charge in [0.15, 0.2) is 0 Å². The van der Waals surface area contributed by atoms with Crippen LogP contribution in [0.15, 0.2) is 28.7 Å². The standard InChI is InChI=1S/C16H20N2O/c1-11-13-7-5-6-8-14(13)19-15(11)12(2)18-10-16(3,4)9-17/h5-8,12,18H,10H2,1-4H3. The van der Waals surface area contributed by atoms with Crippen molar-refractivity contribution in [1.29, 1.82) is 5.26 Å². The van der Waals surface area contributed by atoms with E-state index in [1.165, 1.54) is 5.56 Å². The molecule has 1 heterocycles. The molecule has 0 aliphatic carbocycles. The molecule has 0 aliphatic rings. The molecular formula is C16H20N2O. The summed E-state index contributed by atoms with van der Waals surface area (Å²) in [6, 6.07) is 10.4. The largest absolute Gasteiger partial charge is 0.459 e. The molecule has 0 bridgehead atoms. The van der Waals surface area contributed by atoms with Gasteiger partial charge >= 0.3 is 0 Å². The number of fused-ring (bicyclic) bond motifs is 1. The lowest BCUT2D eigenvalue weighted by Crippen LogP contribution is -2.30. The maximum atomic E-state index is 9.03. The first-order valence-corrected chi connectivity index (χ1v) is 6.57. The van der Waals surface area contributed by atoms with Crippen LogP contribution in [-0.4, -0.2) is 6.54 Å². The third kappa shape index (κ3) is 2.80. The van der Waals surface area contributed by atoms with Crippen LogP contribution in [0.25, 0.3) is 11.0 Å². The molecule has 2 aromatic rings. The van der Waals surface area contributed by atoms with Gasteiger partial charge < -0.3 is 9.73 Å². The zero-order valence-electron chi connectivity index (χ0n) is 11.9. The summed E-state index contributed by atoms with van der Waals surface area (Å²) in [5.74, 6) is 0.954. The molecule has 0 saturated heterocycles. The number of furan rings is 1. The molecule has 100 valence electrons. The van der Waals surface area contributed by atoms with Gasteiger partial charge in [0.1, 0.15) is 11.3 Å². The number of hydrogen-bond donors (Lipinski definition) is 1. The van der Waals surface area contributed by atoms with Gasteiger partial charge in [-0.1, -0.05) is 18.2 Å². The van der Waals surface area contributed by atoms with Gasteiger partial charge in [-0.05, 0) is 39.3 Å². The number of nitrogens with one attached hydrogen (secondary N) is 1. The summed E-state index contributed by atoms with van der Waals surface area (Å²) in [6.45, 7) is 8.64. The van der Waals surface area contributed by atoms with Crippen LogP contribution in [0.1, 0.15) is 38.1 Å². The summed E-state index contributed by atoms with van der Waals surface area (Å²) in [5.41, 5.74) is 1.72. The van der Waals surface area contributed by atoms with Crippen molar-refractivity contribution in [2.45, 2.75) is 33.7 Å². The Balaban J connectivity index is 2.20. The van der Waals surface area contributed by atoms with Gasteiger partial charge in [-0.25, -0.2) is 0 Å². The van der Waals surface area contributed by atoms with Crippen molar-refractivity contribution in [2.75, 3.05) is 6.54 Å². The van der Waals surface area contributed by atoms with Gasteiger partial charge in [0, 0.05) is 11.9 Å². The molecule has 19 heavy (non-hydrogen) atoms.